The molecule has 1 amide bonds. The topological polar surface area (TPSA) is 79.3 Å². The quantitative estimate of drug-likeness (QED) is 0.230. The highest BCUT2D eigenvalue weighted by atomic mass is 79.9. The lowest BCUT2D eigenvalue weighted by atomic mass is 9.95. The fraction of sp³-hybridized carbons (Fsp3) is 0.241. The molecule has 3 aromatic carbocycles. The number of benzene rings is 3. The summed E-state index contributed by atoms with van der Waals surface area (Å²) in [5.74, 6) is -0.327. The number of anilines is 1. The van der Waals surface area contributed by atoms with Gasteiger partial charge in [-0.15, -0.1) is 0 Å². The number of rotatable bonds is 8. The van der Waals surface area contributed by atoms with E-state index >= 15 is 0 Å². The monoisotopic (exact) mass is 564 g/mol. The third-order valence-electron chi connectivity index (χ3n) is 6.47. The van der Waals surface area contributed by atoms with Crippen molar-refractivity contribution in [3.05, 3.63) is 93.5 Å². The van der Waals surface area contributed by atoms with Crippen LogP contribution in [-0.2, 0) is 16.0 Å². The van der Waals surface area contributed by atoms with Gasteiger partial charge in [-0.3, -0.25) is 9.59 Å². The molecular weight excluding hydrogens is 536 g/mol. The van der Waals surface area contributed by atoms with Crippen molar-refractivity contribution >= 4 is 39.1 Å². The predicted molar refractivity (Wildman–Crippen MR) is 147 cm³/mol. The lowest BCUT2D eigenvalue weighted by molar-refractivity contribution is -0.139. The van der Waals surface area contributed by atoms with Crippen molar-refractivity contribution in [2.45, 2.75) is 12.5 Å². The summed E-state index contributed by atoms with van der Waals surface area (Å²) in [4.78, 5) is 30.1. The summed E-state index contributed by atoms with van der Waals surface area (Å²) in [6.45, 7) is 0.275. The zero-order valence-corrected chi connectivity index (χ0v) is 22.8. The number of likely N-dealkylation sites (tertiary alicyclic amines) is 1. The van der Waals surface area contributed by atoms with E-state index in [2.05, 4.69) is 15.9 Å². The Morgan fingerprint density at radius 2 is 1.59 bits per heavy atom. The van der Waals surface area contributed by atoms with Crippen LogP contribution in [-0.4, -0.2) is 56.6 Å². The van der Waals surface area contributed by atoms with Crippen molar-refractivity contribution in [3.63, 3.8) is 0 Å². The molecule has 37 heavy (non-hydrogen) atoms. The second kappa shape index (κ2) is 11.1. The number of nitrogens with zero attached hydrogens (tertiary/aromatic N) is 2. The molecule has 4 rings (SSSR count). The average Bonchev–Trinajstić information content (AvgIpc) is 3.16. The maximum absolute atomic E-state index is 13.3. The number of ether oxygens (including phenoxy) is 2. The first-order chi connectivity index (χ1) is 17.7. The van der Waals surface area contributed by atoms with Gasteiger partial charge >= 0.3 is 0 Å². The molecule has 0 unspecified atom stereocenters. The Hall–Kier alpha value is -3.78. The van der Waals surface area contributed by atoms with Crippen LogP contribution in [0.4, 0.5) is 5.69 Å². The zero-order chi connectivity index (χ0) is 26.7. The van der Waals surface area contributed by atoms with E-state index in [1.165, 1.54) is 4.90 Å². The molecule has 1 aliphatic rings. The molecule has 1 fully saturated rings. The number of amides is 1. The lowest BCUT2D eigenvalue weighted by Crippen LogP contribution is -2.31. The predicted octanol–water partition coefficient (Wildman–Crippen LogP) is 5.20. The van der Waals surface area contributed by atoms with Gasteiger partial charge in [0.1, 0.15) is 5.76 Å². The molecule has 0 saturated carbocycles. The van der Waals surface area contributed by atoms with Crippen molar-refractivity contribution < 1.29 is 24.2 Å². The maximum Gasteiger partial charge on any atom is 0.295 e. The number of methoxy groups -OCH3 is 2. The summed E-state index contributed by atoms with van der Waals surface area (Å²) in [5, 5.41) is 11.2. The summed E-state index contributed by atoms with van der Waals surface area (Å²) in [6, 6.07) is 19.5. The molecular formula is C29H29BrN2O5. The smallest absolute Gasteiger partial charge is 0.295 e. The number of ketones is 1. The molecule has 1 saturated heterocycles. The fourth-order valence-corrected chi connectivity index (χ4v) is 4.73. The van der Waals surface area contributed by atoms with Gasteiger partial charge in [0.2, 0.25) is 0 Å². The highest BCUT2D eigenvalue weighted by Gasteiger charge is 2.45. The zero-order valence-electron chi connectivity index (χ0n) is 21.2. The molecule has 0 aliphatic carbocycles. The average molecular weight is 565 g/mol. The molecule has 8 heteroatoms. The Bertz CT molecular complexity index is 1330. The minimum atomic E-state index is -0.722. The van der Waals surface area contributed by atoms with E-state index in [1.807, 2.05) is 61.5 Å². The van der Waals surface area contributed by atoms with Crippen LogP contribution in [0.15, 0.2) is 76.8 Å². The lowest BCUT2D eigenvalue weighted by Gasteiger charge is -2.26. The van der Waals surface area contributed by atoms with E-state index in [0.29, 0.717) is 23.5 Å². The Kier molecular flexibility index (Phi) is 7.88. The summed E-state index contributed by atoms with van der Waals surface area (Å²) in [7, 11) is 7.03. The molecule has 1 N–H and O–H groups in total. The van der Waals surface area contributed by atoms with Crippen LogP contribution in [0.5, 0.6) is 11.5 Å². The third-order valence-corrected chi connectivity index (χ3v) is 7.00. The van der Waals surface area contributed by atoms with Crippen LogP contribution >= 0.6 is 15.9 Å². The first kappa shape index (κ1) is 26.3. The van der Waals surface area contributed by atoms with Gasteiger partial charge in [-0.05, 0) is 53.9 Å². The number of aliphatic hydroxyl groups is 1. The summed E-state index contributed by atoms with van der Waals surface area (Å²) in [6.07, 6.45) is 0.484. The Balaban J connectivity index is 1.75. The normalized spacial score (nSPS) is 16.7. The molecule has 0 spiro atoms. The van der Waals surface area contributed by atoms with E-state index in [4.69, 9.17) is 9.47 Å². The fourth-order valence-electron chi connectivity index (χ4n) is 4.46. The van der Waals surface area contributed by atoms with Crippen LogP contribution in [0.25, 0.3) is 5.76 Å². The number of Topliss-reactive ketones (excluding diaryl/α,β-unsaturated/α-hetero) is 1. The Labute approximate surface area is 225 Å². The van der Waals surface area contributed by atoms with Crippen molar-refractivity contribution in [2.75, 3.05) is 39.8 Å². The second-order valence-electron chi connectivity index (χ2n) is 8.92. The third kappa shape index (κ3) is 5.34. The van der Waals surface area contributed by atoms with Gasteiger partial charge in [0.05, 0.1) is 25.8 Å². The number of hydrogen-bond donors (Lipinski definition) is 1. The van der Waals surface area contributed by atoms with E-state index in [-0.39, 0.29) is 17.9 Å². The molecule has 1 atom stereocenters. The van der Waals surface area contributed by atoms with Gasteiger partial charge < -0.3 is 24.4 Å². The SMILES string of the molecule is COc1ccc(CCN2C(=O)C(=O)C(=C(O)c3ccc(Br)cc3)[C@H]2c2ccc(N(C)C)cc2)cc1OC. The number of halogens is 1. The van der Waals surface area contributed by atoms with Gasteiger partial charge in [-0.1, -0.05) is 46.3 Å². The number of aliphatic hydroxyl groups excluding tert-OH is 1. The van der Waals surface area contributed by atoms with Gasteiger partial charge in [0.25, 0.3) is 11.7 Å². The van der Waals surface area contributed by atoms with E-state index < -0.39 is 17.7 Å². The molecule has 0 aromatic heterocycles. The molecule has 1 aliphatic heterocycles. The van der Waals surface area contributed by atoms with Gasteiger partial charge in [-0.2, -0.15) is 0 Å². The Morgan fingerprint density at radius 1 is 0.946 bits per heavy atom. The molecule has 7 nitrogen and oxygen atoms in total. The van der Waals surface area contributed by atoms with Crippen LogP contribution in [0.3, 0.4) is 0 Å². The van der Waals surface area contributed by atoms with Crippen molar-refractivity contribution in [3.8, 4) is 11.5 Å². The molecule has 0 bridgehead atoms. The molecule has 1 heterocycles. The van der Waals surface area contributed by atoms with Crippen LogP contribution in [0.1, 0.15) is 22.7 Å². The van der Waals surface area contributed by atoms with Crippen LogP contribution in [0, 0.1) is 0 Å². The van der Waals surface area contributed by atoms with E-state index in [1.54, 1.807) is 38.5 Å². The second-order valence-corrected chi connectivity index (χ2v) is 9.84. The Morgan fingerprint density at radius 3 is 2.19 bits per heavy atom. The summed E-state index contributed by atoms with van der Waals surface area (Å²) in [5.41, 5.74) is 3.21. The number of carbonyl (C=O) groups is 2. The highest BCUT2D eigenvalue weighted by molar-refractivity contribution is 9.10. The van der Waals surface area contributed by atoms with Crippen molar-refractivity contribution in [1.82, 2.24) is 4.90 Å². The van der Waals surface area contributed by atoms with Crippen LogP contribution < -0.4 is 14.4 Å². The maximum atomic E-state index is 13.3. The van der Waals surface area contributed by atoms with Gasteiger partial charge in [0, 0.05) is 36.4 Å². The van der Waals surface area contributed by atoms with E-state index in [9.17, 15) is 14.7 Å². The van der Waals surface area contributed by atoms with Gasteiger partial charge in [0.15, 0.2) is 11.5 Å². The minimum Gasteiger partial charge on any atom is -0.507 e. The first-order valence-corrected chi connectivity index (χ1v) is 12.6. The highest BCUT2D eigenvalue weighted by Crippen LogP contribution is 2.40. The summed E-state index contributed by atoms with van der Waals surface area (Å²) < 4.78 is 11.6. The molecule has 0 radical (unpaired) electrons. The molecule has 3 aromatic rings. The van der Waals surface area contributed by atoms with Gasteiger partial charge in [-0.25, -0.2) is 0 Å². The standard InChI is InChI=1S/C29H29BrN2O5/c1-31(2)22-12-8-19(9-13-22)26-25(27(33)20-6-10-21(30)11-7-20)28(34)29(35)32(26)16-15-18-5-14-23(36-3)24(17-18)37-4/h5-14,17,26,33H,15-16H2,1-4H3/t26-/m1/s1. The minimum absolute atomic E-state index is 0.0808. The van der Waals surface area contributed by atoms with Crippen LogP contribution in [0.2, 0.25) is 0 Å². The van der Waals surface area contributed by atoms with Crippen molar-refractivity contribution in [1.29, 1.82) is 0 Å². The molecule has 192 valence electrons. The number of hydrogen-bond acceptors (Lipinski definition) is 6. The first-order valence-electron chi connectivity index (χ1n) is 11.8. The van der Waals surface area contributed by atoms with E-state index in [0.717, 1.165) is 21.3 Å². The number of carbonyl (C=O) groups excluding carboxylic acids is 2. The van der Waals surface area contributed by atoms with Crippen molar-refractivity contribution in [2.24, 2.45) is 0 Å². The summed E-state index contributed by atoms with van der Waals surface area (Å²) >= 11 is 3.39. The largest absolute Gasteiger partial charge is 0.507 e.